The highest BCUT2D eigenvalue weighted by atomic mass is 16.6. The van der Waals surface area contributed by atoms with Crippen LogP contribution in [0.25, 0.3) is 5.69 Å². The van der Waals surface area contributed by atoms with Gasteiger partial charge >= 0.3 is 6.09 Å². The number of rotatable bonds is 4. The van der Waals surface area contributed by atoms with Crippen LogP contribution in [0.1, 0.15) is 11.3 Å². The second-order valence-corrected chi connectivity index (χ2v) is 6.18. The summed E-state index contributed by atoms with van der Waals surface area (Å²) in [4.78, 5) is 14.0. The van der Waals surface area contributed by atoms with Crippen LogP contribution in [-0.2, 0) is 11.2 Å². The second kappa shape index (κ2) is 6.43. The summed E-state index contributed by atoms with van der Waals surface area (Å²) in [6.07, 6.45) is 0.405. The molecule has 0 radical (unpaired) electrons. The van der Waals surface area contributed by atoms with E-state index in [1.54, 1.807) is 4.90 Å². The topological polar surface area (TPSA) is 47.4 Å². The number of carbonyl (C=O) groups excluding carboxylic acids is 1. The molecule has 0 unspecified atom stereocenters. The average molecular weight is 333 g/mol. The molecule has 1 saturated heterocycles. The lowest BCUT2D eigenvalue weighted by Crippen LogP contribution is -2.35. The summed E-state index contributed by atoms with van der Waals surface area (Å²) in [5.74, 6) is 0.629. The fraction of sp³-hybridized carbons (Fsp3) is 0.200. The van der Waals surface area contributed by atoms with Crippen LogP contribution < -0.4 is 4.90 Å². The summed E-state index contributed by atoms with van der Waals surface area (Å²) in [5.41, 5.74) is 3.12. The monoisotopic (exact) mass is 333 g/mol. The number of cyclic esters (lactones) is 1. The third-order valence-electron chi connectivity index (χ3n) is 4.40. The predicted octanol–water partition coefficient (Wildman–Crippen LogP) is 3.75. The molecule has 1 amide bonds. The molecular weight excluding hydrogens is 314 g/mol. The van der Waals surface area contributed by atoms with Crippen LogP contribution in [0, 0.1) is 6.92 Å². The number of aromatic nitrogens is 2. The molecule has 2 aromatic carbocycles. The quantitative estimate of drug-likeness (QED) is 0.730. The van der Waals surface area contributed by atoms with Crippen molar-refractivity contribution in [3.63, 3.8) is 0 Å². The molecular formula is C20H19N3O2. The van der Waals surface area contributed by atoms with Crippen LogP contribution in [-0.4, -0.2) is 28.5 Å². The van der Waals surface area contributed by atoms with Crippen molar-refractivity contribution in [2.24, 2.45) is 0 Å². The van der Waals surface area contributed by atoms with E-state index in [1.807, 2.05) is 66.2 Å². The molecule has 1 aliphatic rings. The Morgan fingerprint density at radius 1 is 1.08 bits per heavy atom. The maximum absolute atomic E-state index is 12.3. The molecule has 4 rings (SSSR count). The Morgan fingerprint density at radius 3 is 2.48 bits per heavy atom. The lowest BCUT2D eigenvalue weighted by molar-refractivity contribution is 0.178. The number of carbonyl (C=O) groups is 1. The fourth-order valence-corrected chi connectivity index (χ4v) is 3.18. The highest BCUT2D eigenvalue weighted by Crippen LogP contribution is 2.26. The first-order chi connectivity index (χ1) is 12.2. The summed E-state index contributed by atoms with van der Waals surface area (Å²) >= 11 is 0. The maximum atomic E-state index is 12.3. The molecule has 1 fully saturated rings. The van der Waals surface area contributed by atoms with Gasteiger partial charge in [0, 0.05) is 11.8 Å². The Morgan fingerprint density at radius 2 is 1.76 bits per heavy atom. The number of amides is 1. The normalized spacial score (nSPS) is 16.9. The molecule has 0 bridgehead atoms. The highest BCUT2D eigenvalue weighted by molar-refractivity contribution is 5.89. The second-order valence-electron chi connectivity index (χ2n) is 6.18. The third-order valence-corrected chi connectivity index (χ3v) is 4.40. The smallest absolute Gasteiger partial charge is 0.416 e. The van der Waals surface area contributed by atoms with Crippen molar-refractivity contribution in [3.05, 3.63) is 78.0 Å². The molecule has 1 atom stereocenters. The summed E-state index contributed by atoms with van der Waals surface area (Å²) < 4.78 is 7.15. The SMILES string of the molecule is Cc1cc(N2C(=O)OC[C@@H]2Cc2ccccc2)nn1-c1ccccc1. The minimum Gasteiger partial charge on any atom is -0.447 e. The van der Waals surface area contributed by atoms with Gasteiger partial charge in [-0.15, -0.1) is 5.10 Å². The van der Waals surface area contributed by atoms with E-state index >= 15 is 0 Å². The van der Waals surface area contributed by atoms with Gasteiger partial charge in [-0.25, -0.2) is 9.48 Å². The number of para-hydroxylation sites is 1. The lowest BCUT2D eigenvalue weighted by atomic mass is 10.1. The molecule has 5 nitrogen and oxygen atoms in total. The van der Waals surface area contributed by atoms with Crippen molar-refractivity contribution in [1.29, 1.82) is 0 Å². The molecule has 0 saturated carbocycles. The fourth-order valence-electron chi connectivity index (χ4n) is 3.18. The van der Waals surface area contributed by atoms with E-state index in [0.717, 1.165) is 17.8 Å². The Balaban J connectivity index is 1.64. The lowest BCUT2D eigenvalue weighted by Gasteiger charge is -2.18. The number of nitrogens with zero attached hydrogens (tertiary/aromatic N) is 3. The van der Waals surface area contributed by atoms with Crippen molar-refractivity contribution in [2.45, 2.75) is 19.4 Å². The first-order valence-electron chi connectivity index (χ1n) is 8.34. The molecule has 5 heteroatoms. The van der Waals surface area contributed by atoms with Gasteiger partial charge in [0.2, 0.25) is 0 Å². The highest BCUT2D eigenvalue weighted by Gasteiger charge is 2.36. The van der Waals surface area contributed by atoms with Gasteiger partial charge in [0.1, 0.15) is 6.61 Å². The van der Waals surface area contributed by atoms with Crippen molar-refractivity contribution >= 4 is 11.9 Å². The molecule has 1 aromatic heterocycles. The number of anilines is 1. The van der Waals surface area contributed by atoms with Crippen molar-refractivity contribution in [2.75, 3.05) is 11.5 Å². The van der Waals surface area contributed by atoms with Gasteiger partial charge in [-0.2, -0.15) is 0 Å². The van der Waals surface area contributed by atoms with Crippen molar-refractivity contribution in [1.82, 2.24) is 9.78 Å². The van der Waals surface area contributed by atoms with E-state index in [1.165, 1.54) is 5.56 Å². The number of hydrogen-bond donors (Lipinski definition) is 0. The molecule has 1 aliphatic heterocycles. The van der Waals surface area contributed by atoms with Gasteiger partial charge in [0.25, 0.3) is 0 Å². The number of aryl methyl sites for hydroxylation is 1. The minimum atomic E-state index is -0.335. The Hall–Kier alpha value is -3.08. The summed E-state index contributed by atoms with van der Waals surface area (Å²) in [6, 6.07) is 21.9. The largest absolute Gasteiger partial charge is 0.447 e. The minimum absolute atomic E-state index is 0.0478. The molecule has 2 heterocycles. The van der Waals surface area contributed by atoms with E-state index < -0.39 is 0 Å². The zero-order valence-corrected chi connectivity index (χ0v) is 14.0. The maximum Gasteiger partial charge on any atom is 0.416 e. The van der Waals surface area contributed by atoms with Crippen LogP contribution in [0.2, 0.25) is 0 Å². The molecule has 0 aliphatic carbocycles. The van der Waals surface area contributed by atoms with Gasteiger partial charge in [0.15, 0.2) is 5.82 Å². The number of ether oxygens (including phenoxy) is 1. The van der Waals surface area contributed by atoms with Gasteiger partial charge in [-0.3, -0.25) is 4.90 Å². The Labute approximate surface area is 146 Å². The van der Waals surface area contributed by atoms with E-state index in [0.29, 0.717) is 12.4 Å². The first-order valence-corrected chi connectivity index (χ1v) is 8.34. The zero-order chi connectivity index (χ0) is 17.2. The average Bonchev–Trinajstić information content (AvgIpc) is 3.19. The Bertz CT molecular complexity index is 874. The molecule has 3 aromatic rings. The third kappa shape index (κ3) is 3.01. The Kier molecular flexibility index (Phi) is 3.98. The van der Waals surface area contributed by atoms with Crippen LogP contribution in [0.3, 0.4) is 0 Å². The van der Waals surface area contributed by atoms with E-state index in [2.05, 4.69) is 17.2 Å². The van der Waals surface area contributed by atoms with Gasteiger partial charge < -0.3 is 4.74 Å². The first kappa shape index (κ1) is 15.4. The van der Waals surface area contributed by atoms with Gasteiger partial charge in [-0.05, 0) is 31.0 Å². The van der Waals surface area contributed by atoms with E-state index in [9.17, 15) is 4.79 Å². The zero-order valence-electron chi connectivity index (χ0n) is 14.0. The number of benzene rings is 2. The van der Waals surface area contributed by atoms with Crippen LogP contribution in [0.5, 0.6) is 0 Å². The van der Waals surface area contributed by atoms with Crippen LogP contribution in [0.15, 0.2) is 66.7 Å². The predicted molar refractivity (Wildman–Crippen MR) is 96.1 cm³/mol. The summed E-state index contributed by atoms with van der Waals surface area (Å²) in [6.45, 7) is 2.36. The molecule has 25 heavy (non-hydrogen) atoms. The molecule has 0 N–H and O–H groups in total. The van der Waals surface area contributed by atoms with Gasteiger partial charge in [-0.1, -0.05) is 48.5 Å². The summed E-state index contributed by atoms with van der Waals surface area (Å²) in [5, 5.41) is 4.65. The van der Waals surface area contributed by atoms with Crippen molar-refractivity contribution < 1.29 is 9.53 Å². The van der Waals surface area contributed by atoms with Crippen LogP contribution >= 0.6 is 0 Å². The van der Waals surface area contributed by atoms with Gasteiger partial charge in [0.05, 0.1) is 11.7 Å². The molecule has 0 spiro atoms. The van der Waals surface area contributed by atoms with E-state index in [-0.39, 0.29) is 12.1 Å². The number of hydrogen-bond acceptors (Lipinski definition) is 3. The summed E-state index contributed by atoms with van der Waals surface area (Å²) in [7, 11) is 0. The van der Waals surface area contributed by atoms with E-state index in [4.69, 9.17) is 4.74 Å². The molecule has 126 valence electrons. The standard InChI is InChI=1S/C20H19N3O2/c1-15-12-19(21-23(15)17-10-6-3-7-11-17)22-18(14-25-20(22)24)13-16-8-4-2-5-9-16/h2-12,18H,13-14H2,1H3/t18-/m0/s1. The van der Waals surface area contributed by atoms with Crippen molar-refractivity contribution in [3.8, 4) is 5.69 Å². The van der Waals surface area contributed by atoms with Crippen LogP contribution in [0.4, 0.5) is 10.6 Å².